The van der Waals surface area contributed by atoms with Crippen molar-refractivity contribution in [2.75, 3.05) is 45.5 Å². The van der Waals surface area contributed by atoms with Crippen LogP contribution in [0.15, 0.2) is 70.3 Å². The fourth-order valence-corrected chi connectivity index (χ4v) is 8.17. The highest BCUT2D eigenvalue weighted by atomic mass is 32.2. The lowest BCUT2D eigenvalue weighted by Gasteiger charge is -2.39. The van der Waals surface area contributed by atoms with E-state index < -0.39 is 20.0 Å². The van der Waals surface area contributed by atoms with E-state index in [1.165, 1.54) is 41.7 Å². The summed E-state index contributed by atoms with van der Waals surface area (Å²) in [6.45, 7) is 1.10. The van der Waals surface area contributed by atoms with E-state index in [-0.39, 0.29) is 47.3 Å². The summed E-state index contributed by atoms with van der Waals surface area (Å²) in [7, 11) is -6.05. The summed E-state index contributed by atoms with van der Waals surface area (Å²) >= 11 is 1.08. The molecule has 0 radical (unpaired) electrons. The summed E-state index contributed by atoms with van der Waals surface area (Å²) in [4.78, 5) is 2.08. The quantitative estimate of drug-likeness (QED) is 0.405. The maximum absolute atomic E-state index is 13.5. The summed E-state index contributed by atoms with van der Waals surface area (Å²) in [5, 5.41) is 1.65. The Morgan fingerprint density at radius 3 is 1.86 bits per heavy atom. The van der Waals surface area contributed by atoms with Crippen LogP contribution in [0.1, 0.15) is 17.2 Å². The van der Waals surface area contributed by atoms with Crippen LogP contribution < -0.4 is 0 Å². The SMILES string of the molecule is CN(CCS(=O)(=O)N1CCN(C(c2ccc(F)cc2)c2ccc(F)cc2)CC1)S(=O)(=O)c1cccs1. The number of hydrogen-bond acceptors (Lipinski definition) is 6. The van der Waals surface area contributed by atoms with Gasteiger partial charge in [0, 0.05) is 39.8 Å². The Labute approximate surface area is 214 Å². The van der Waals surface area contributed by atoms with Crippen LogP contribution in [0, 0.1) is 11.6 Å². The van der Waals surface area contributed by atoms with Crippen molar-refractivity contribution in [3.8, 4) is 0 Å². The first-order valence-corrected chi connectivity index (χ1v) is 15.2. The number of piperazine rings is 1. The lowest BCUT2D eigenvalue weighted by molar-refractivity contribution is 0.155. The minimum Gasteiger partial charge on any atom is -0.290 e. The van der Waals surface area contributed by atoms with E-state index in [1.807, 2.05) is 0 Å². The van der Waals surface area contributed by atoms with E-state index in [2.05, 4.69) is 4.90 Å². The number of benzene rings is 2. The van der Waals surface area contributed by atoms with E-state index in [0.29, 0.717) is 13.1 Å². The predicted octanol–water partition coefficient (Wildman–Crippen LogP) is 3.38. The number of sulfonamides is 2. The summed E-state index contributed by atoms with van der Waals surface area (Å²) in [5.41, 5.74) is 1.64. The summed E-state index contributed by atoms with van der Waals surface area (Å²) < 4.78 is 80.9. The molecule has 0 aliphatic carbocycles. The van der Waals surface area contributed by atoms with Gasteiger partial charge >= 0.3 is 0 Å². The van der Waals surface area contributed by atoms with Crippen LogP contribution in [-0.4, -0.2) is 75.9 Å². The Morgan fingerprint density at radius 1 is 0.861 bits per heavy atom. The van der Waals surface area contributed by atoms with Crippen molar-refractivity contribution in [3.05, 3.63) is 88.8 Å². The van der Waals surface area contributed by atoms with Crippen molar-refractivity contribution < 1.29 is 25.6 Å². The molecule has 0 unspecified atom stereocenters. The third kappa shape index (κ3) is 6.01. The minimum atomic E-state index is -3.73. The van der Waals surface area contributed by atoms with Gasteiger partial charge in [-0.15, -0.1) is 11.3 Å². The van der Waals surface area contributed by atoms with Gasteiger partial charge in [-0.2, -0.15) is 8.61 Å². The van der Waals surface area contributed by atoms with Crippen LogP contribution in [0.2, 0.25) is 0 Å². The van der Waals surface area contributed by atoms with Gasteiger partial charge in [-0.05, 0) is 46.8 Å². The van der Waals surface area contributed by atoms with E-state index in [0.717, 1.165) is 26.8 Å². The van der Waals surface area contributed by atoms with Crippen molar-refractivity contribution in [3.63, 3.8) is 0 Å². The number of thiophene rings is 1. The van der Waals surface area contributed by atoms with Gasteiger partial charge in [-0.1, -0.05) is 30.3 Å². The predicted molar refractivity (Wildman–Crippen MR) is 136 cm³/mol. The van der Waals surface area contributed by atoms with Gasteiger partial charge in [-0.25, -0.2) is 25.6 Å². The Morgan fingerprint density at radius 2 is 1.39 bits per heavy atom. The van der Waals surface area contributed by atoms with Gasteiger partial charge < -0.3 is 0 Å². The average molecular weight is 556 g/mol. The van der Waals surface area contributed by atoms with Crippen LogP contribution in [0.4, 0.5) is 8.78 Å². The highest BCUT2D eigenvalue weighted by Crippen LogP contribution is 2.30. The molecule has 1 aliphatic heterocycles. The topological polar surface area (TPSA) is 78.0 Å². The second-order valence-corrected chi connectivity index (χ2v) is 13.8. The molecule has 0 N–H and O–H groups in total. The molecule has 1 saturated heterocycles. The molecule has 2 heterocycles. The van der Waals surface area contributed by atoms with Crippen LogP contribution >= 0.6 is 11.3 Å². The zero-order chi connectivity index (χ0) is 25.9. The standard InChI is InChI=1S/C24H27F2N3O4S3/c1-27(36(32,33)23-3-2-17-34-23)16-18-35(30,31)29-14-12-28(13-15-29)24(19-4-8-21(25)9-5-19)20-6-10-22(26)11-7-20/h2-11,17,24H,12-16,18H2,1H3. The third-order valence-corrected chi connectivity index (χ3v) is 11.3. The normalized spacial score (nSPS) is 16.1. The molecule has 194 valence electrons. The molecule has 3 aromatic rings. The highest BCUT2D eigenvalue weighted by Gasteiger charge is 2.32. The average Bonchev–Trinajstić information content (AvgIpc) is 3.41. The van der Waals surface area contributed by atoms with E-state index in [9.17, 15) is 25.6 Å². The van der Waals surface area contributed by atoms with Crippen LogP contribution in [0.5, 0.6) is 0 Å². The molecular formula is C24H27F2N3O4S3. The van der Waals surface area contributed by atoms with E-state index in [1.54, 1.807) is 35.7 Å². The minimum absolute atomic E-state index is 0.156. The Bertz CT molecular complexity index is 1310. The molecule has 36 heavy (non-hydrogen) atoms. The fraction of sp³-hybridized carbons (Fsp3) is 0.333. The van der Waals surface area contributed by atoms with Gasteiger partial charge in [0.25, 0.3) is 10.0 Å². The molecule has 0 bridgehead atoms. The molecule has 0 amide bonds. The lowest BCUT2D eigenvalue weighted by atomic mass is 9.96. The molecule has 2 aromatic carbocycles. The van der Waals surface area contributed by atoms with E-state index >= 15 is 0 Å². The second-order valence-electron chi connectivity index (χ2n) is 8.52. The van der Waals surface area contributed by atoms with Crippen LogP contribution in [0.3, 0.4) is 0 Å². The first kappa shape index (κ1) is 26.8. The number of rotatable bonds is 9. The van der Waals surface area contributed by atoms with Crippen molar-refractivity contribution in [2.45, 2.75) is 10.3 Å². The molecular weight excluding hydrogens is 528 g/mol. The summed E-state index contributed by atoms with van der Waals surface area (Å²) in [6.07, 6.45) is 0. The first-order chi connectivity index (χ1) is 17.1. The van der Waals surface area contributed by atoms with Crippen LogP contribution in [-0.2, 0) is 20.0 Å². The third-order valence-electron chi connectivity index (χ3n) is 6.23. The molecule has 1 aliphatic rings. The number of nitrogens with zero attached hydrogens (tertiary/aromatic N) is 3. The largest absolute Gasteiger partial charge is 0.290 e. The van der Waals surface area contributed by atoms with Crippen molar-refractivity contribution in [1.29, 1.82) is 0 Å². The zero-order valence-electron chi connectivity index (χ0n) is 19.6. The molecule has 0 atom stereocenters. The molecule has 1 aromatic heterocycles. The van der Waals surface area contributed by atoms with E-state index in [4.69, 9.17) is 0 Å². The monoisotopic (exact) mass is 555 g/mol. The Hall–Kier alpha value is -2.22. The Balaban J connectivity index is 1.43. The molecule has 4 rings (SSSR count). The smallest absolute Gasteiger partial charge is 0.252 e. The number of hydrogen-bond donors (Lipinski definition) is 0. The first-order valence-electron chi connectivity index (χ1n) is 11.3. The highest BCUT2D eigenvalue weighted by molar-refractivity contribution is 7.91. The number of halogens is 2. The maximum Gasteiger partial charge on any atom is 0.252 e. The molecule has 7 nitrogen and oxygen atoms in total. The van der Waals surface area contributed by atoms with Crippen LogP contribution in [0.25, 0.3) is 0 Å². The van der Waals surface area contributed by atoms with Gasteiger partial charge in [0.1, 0.15) is 15.8 Å². The van der Waals surface area contributed by atoms with Gasteiger partial charge in [0.15, 0.2) is 0 Å². The second kappa shape index (κ2) is 11.0. The Kier molecular flexibility index (Phi) is 8.22. The summed E-state index contributed by atoms with van der Waals surface area (Å²) in [6, 6.07) is 15.0. The zero-order valence-corrected chi connectivity index (χ0v) is 22.1. The van der Waals surface area contributed by atoms with Crippen molar-refractivity contribution in [2.24, 2.45) is 0 Å². The van der Waals surface area contributed by atoms with Gasteiger partial charge in [0.05, 0.1) is 11.8 Å². The summed E-state index contributed by atoms with van der Waals surface area (Å²) in [5.74, 6) is -1.05. The molecule has 0 saturated carbocycles. The lowest BCUT2D eigenvalue weighted by Crippen LogP contribution is -2.51. The molecule has 0 spiro atoms. The van der Waals surface area contributed by atoms with Crippen molar-refractivity contribution >= 4 is 31.4 Å². The van der Waals surface area contributed by atoms with Gasteiger partial charge in [-0.3, -0.25) is 4.90 Å². The van der Waals surface area contributed by atoms with Gasteiger partial charge in [0.2, 0.25) is 10.0 Å². The maximum atomic E-state index is 13.5. The van der Waals surface area contributed by atoms with Crippen molar-refractivity contribution in [1.82, 2.24) is 13.5 Å². The fourth-order valence-electron chi connectivity index (χ4n) is 4.20. The molecule has 1 fully saturated rings. The molecule has 12 heteroatoms.